The highest BCUT2D eigenvalue weighted by atomic mass is 16.6. The summed E-state index contributed by atoms with van der Waals surface area (Å²) in [5.41, 5.74) is 0.692. The summed E-state index contributed by atoms with van der Waals surface area (Å²) in [5.74, 6) is 0. The monoisotopic (exact) mass is 237 g/mol. The molecule has 94 valence electrons. The van der Waals surface area contributed by atoms with Crippen LogP contribution in [-0.2, 0) is 6.42 Å². The molecule has 4 nitrogen and oxygen atoms in total. The molecule has 0 amide bonds. The van der Waals surface area contributed by atoms with Crippen molar-refractivity contribution in [1.82, 2.24) is 0 Å². The number of aliphatic hydroxyl groups is 1. The van der Waals surface area contributed by atoms with E-state index in [9.17, 15) is 15.2 Å². The van der Waals surface area contributed by atoms with Crippen LogP contribution in [0.25, 0.3) is 0 Å². The number of nitro groups is 1. The van der Waals surface area contributed by atoms with Crippen LogP contribution in [0.15, 0.2) is 24.3 Å². The first-order valence-corrected chi connectivity index (χ1v) is 5.70. The van der Waals surface area contributed by atoms with Crippen molar-refractivity contribution in [1.29, 1.82) is 0 Å². The second kappa shape index (κ2) is 5.27. The Kier molecular flexibility index (Phi) is 4.23. The number of hydrogen-bond acceptors (Lipinski definition) is 3. The maximum atomic E-state index is 10.8. The van der Waals surface area contributed by atoms with Crippen LogP contribution in [0.3, 0.4) is 0 Å². The Bertz CT molecular complexity index is 396. The van der Waals surface area contributed by atoms with Crippen LogP contribution in [0, 0.1) is 15.5 Å². The first kappa shape index (κ1) is 13.6. The molecule has 0 saturated heterocycles. The number of benzene rings is 1. The molecule has 17 heavy (non-hydrogen) atoms. The van der Waals surface area contributed by atoms with Crippen LogP contribution < -0.4 is 0 Å². The number of aliphatic hydroxyl groups excluding tert-OH is 1. The van der Waals surface area contributed by atoms with Gasteiger partial charge in [-0.25, -0.2) is 0 Å². The van der Waals surface area contributed by atoms with Crippen molar-refractivity contribution in [2.24, 2.45) is 5.41 Å². The maximum Gasteiger partial charge on any atom is 0.272 e. The Balaban J connectivity index is 2.78. The highest BCUT2D eigenvalue weighted by Gasteiger charge is 2.20. The zero-order valence-corrected chi connectivity index (χ0v) is 10.5. The second-order valence-electron chi connectivity index (χ2n) is 5.51. The highest BCUT2D eigenvalue weighted by molar-refractivity contribution is 5.40. The van der Waals surface area contributed by atoms with Crippen molar-refractivity contribution >= 4 is 5.69 Å². The molecule has 0 aliphatic carbocycles. The quantitative estimate of drug-likeness (QED) is 0.646. The van der Waals surface area contributed by atoms with Gasteiger partial charge in [0, 0.05) is 18.1 Å². The van der Waals surface area contributed by atoms with E-state index in [1.54, 1.807) is 18.2 Å². The van der Waals surface area contributed by atoms with Gasteiger partial charge in [-0.05, 0) is 11.8 Å². The summed E-state index contributed by atoms with van der Waals surface area (Å²) in [7, 11) is 0. The van der Waals surface area contributed by atoms with Gasteiger partial charge in [0.2, 0.25) is 0 Å². The van der Waals surface area contributed by atoms with Gasteiger partial charge in [-0.1, -0.05) is 39.0 Å². The number of nitro benzene ring substituents is 1. The van der Waals surface area contributed by atoms with Gasteiger partial charge in [-0.15, -0.1) is 0 Å². The molecule has 0 fully saturated rings. The van der Waals surface area contributed by atoms with Gasteiger partial charge in [0.05, 0.1) is 11.0 Å². The van der Waals surface area contributed by atoms with E-state index in [4.69, 9.17) is 0 Å². The Morgan fingerprint density at radius 3 is 2.47 bits per heavy atom. The molecule has 1 aromatic rings. The summed E-state index contributed by atoms with van der Waals surface area (Å²) in [6.07, 6.45) is 0.407. The van der Waals surface area contributed by atoms with Crippen molar-refractivity contribution in [3.63, 3.8) is 0 Å². The lowest BCUT2D eigenvalue weighted by atomic mass is 9.87. The van der Waals surface area contributed by atoms with Crippen molar-refractivity contribution < 1.29 is 10.0 Å². The molecule has 0 bridgehead atoms. The van der Waals surface area contributed by atoms with E-state index < -0.39 is 11.0 Å². The summed E-state index contributed by atoms with van der Waals surface area (Å²) < 4.78 is 0. The third kappa shape index (κ3) is 4.53. The fourth-order valence-electron chi connectivity index (χ4n) is 1.89. The summed E-state index contributed by atoms with van der Waals surface area (Å²) >= 11 is 0. The Hall–Kier alpha value is -1.42. The molecule has 1 unspecified atom stereocenters. The van der Waals surface area contributed by atoms with E-state index in [2.05, 4.69) is 0 Å². The zero-order valence-electron chi connectivity index (χ0n) is 10.5. The Morgan fingerprint density at radius 1 is 1.35 bits per heavy atom. The molecule has 0 aliphatic heterocycles. The SMILES string of the molecule is CC(C)(C)CC(O)Cc1ccccc1[N+](=O)[O-]. The largest absolute Gasteiger partial charge is 0.393 e. The highest BCUT2D eigenvalue weighted by Crippen LogP contribution is 2.25. The number of nitrogens with zero attached hydrogens (tertiary/aromatic N) is 1. The zero-order chi connectivity index (χ0) is 13.1. The molecule has 0 aromatic heterocycles. The minimum Gasteiger partial charge on any atom is -0.393 e. The Morgan fingerprint density at radius 2 is 1.94 bits per heavy atom. The lowest BCUT2D eigenvalue weighted by molar-refractivity contribution is -0.385. The van der Waals surface area contributed by atoms with E-state index in [-0.39, 0.29) is 11.1 Å². The average molecular weight is 237 g/mol. The molecular formula is C13H19NO3. The topological polar surface area (TPSA) is 63.4 Å². The second-order valence-corrected chi connectivity index (χ2v) is 5.51. The third-order valence-electron chi connectivity index (χ3n) is 2.49. The standard InChI is InChI=1S/C13H19NO3/c1-13(2,3)9-11(15)8-10-6-4-5-7-12(10)14(16)17/h4-7,11,15H,8-9H2,1-3H3. The molecular weight excluding hydrogens is 218 g/mol. The summed E-state index contributed by atoms with van der Waals surface area (Å²) in [6.45, 7) is 6.11. The van der Waals surface area contributed by atoms with Crippen molar-refractivity contribution in [2.75, 3.05) is 0 Å². The first-order chi connectivity index (χ1) is 7.79. The van der Waals surface area contributed by atoms with E-state index in [1.807, 2.05) is 20.8 Å². The molecule has 0 aliphatic rings. The van der Waals surface area contributed by atoms with Gasteiger partial charge in [-0.3, -0.25) is 10.1 Å². The van der Waals surface area contributed by atoms with Gasteiger partial charge in [0.1, 0.15) is 0 Å². The molecule has 0 spiro atoms. The fourth-order valence-corrected chi connectivity index (χ4v) is 1.89. The molecule has 1 aromatic carbocycles. The van der Waals surface area contributed by atoms with Crippen LogP contribution in [0.1, 0.15) is 32.8 Å². The predicted molar refractivity (Wildman–Crippen MR) is 66.9 cm³/mol. The number of para-hydroxylation sites is 1. The molecule has 0 radical (unpaired) electrons. The summed E-state index contributed by atoms with van der Waals surface area (Å²) in [4.78, 5) is 10.4. The molecule has 0 heterocycles. The van der Waals surface area contributed by atoms with Crippen LogP contribution in [-0.4, -0.2) is 16.1 Å². The van der Waals surface area contributed by atoms with Gasteiger partial charge in [-0.2, -0.15) is 0 Å². The molecule has 4 heteroatoms. The third-order valence-corrected chi connectivity index (χ3v) is 2.49. The van der Waals surface area contributed by atoms with Crippen molar-refractivity contribution in [3.8, 4) is 0 Å². The van der Waals surface area contributed by atoms with E-state index in [0.29, 0.717) is 18.4 Å². The molecule has 1 rings (SSSR count). The minimum atomic E-state index is -0.545. The van der Waals surface area contributed by atoms with E-state index >= 15 is 0 Å². The average Bonchev–Trinajstić information content (AvgIpc) is 2.14. The van der Waals surface area contributed by atoms with Crippen molar-refractivity contribution in [2.45, 2.75) is 39.7 Å². The minimum absolute atomic E-state index is 0.0168. The Labute approximate surface area is 101 Å². The number of hydrogen-bond donors (Lipinski definition) is 1. The van der Waals surface area contributed by atoms with E-state index in [1.165, 1.54) is 6.07 Å². The maximum absolute atomic E-state index is 10.8. The van der Waals surface area contributed by atoms with E-state index in [0.717, 1.165) is 0 Å². The summed E-state index contributed by atoms with van der Waals surface area (Å²) in [6, 6.07) is 6.56. The predicted octanol–water partition coefficient (Wildman–Crippen LogP) is 2.93. The lowest BCUT2D eigenvalue weighted by Crippen LogP contribution is -2.20. The number of rotatable bonds is 4. The molecule has 1 N–H and O–H groups in total. The molecule has 1 atom stereocenters. The van der Waals surface area contributed by atoms with Crippen LogP contribution in [0.4, 0.5) is 5.69 Å². The van der Waals surface area contributed by atoms with Crippen LogP contribution in [0.2, 0.25) is 0 Å². The fraction of sp³-hybridized carbons (Fsp3) is 0.538. The van der Waals surface area contributed by atoms with Gasteiger partial charge < -0.3 is 5.11 Å². The summed E-state index contributed by atoms with van der Waals surface area (Å²) in [5, 5.41) is 20.7. The molecule has 0 saturated carbocycles. The van der Waals surface area contributed by atoms with Crippen molar-refractivity contribution in [3.05, 3.63) is 39.9 Å². The first-order valence-electron chi connectivity index (χ1n) is 5.70. The normalized spacial score (nSPS) is 13.4. The lowest BCUT2D eigenvalue weighted by Gasteiger charge is -2.22. The van der Waals surface area contributed by atoms with Gasteiger partial charge in [0.25, 0.3) is 5.69 Å². The smallest absolute Gasteiger partial charge is 0.272 e. The van der Waals surface area contributed by atoms with Gasteiger partial charge in [0.15, 0.2) is 0 Å². The van der Waals surface area contributed by atoms with Crippen LogP contribution >= 0.6 is 0 Å². The van der Waals surface area contributed by atoms with Crippen LogP contribution in [0.5, 0.6) is 0 Å². The van der Waals surface area contributed by atoms with Gasteiger partial charge >= 0.3 is 0 Å².